The summed E-state index contributed by atoms with van der Waals surface area (Å²) >= 11 is 0. The first-order valence-corrected chi connectivity index (χ1v) is 7.26. The van der Waals surface area contributed by atoms with E-state index in [-0.39, 0.29) is 18.9 Å². The fourth-order valence-corrected chi connectivity index (χ4v) is 2.59. The minimum absolute atomic E-state index is 0.136. The first-order valence-electron chi connectivity index (χ1n) is 7.26. The molecular formula is C17H21NO4. The summed E-state index contributed by atoms with van der Waals surface area (Å²) in [4.78, 5) is 24.0. The molecule has 1 heterocycles. The number of furan rings is 1. The third-order valence-electron chi connectivity index (χ3n) is 3.80. The molecule has 0 radical (unpaired) electrons. The van der Waals surface area contributed by atoms with E-state index in [1.165, 1.54) is 17.5 Å². The van der Waals surface area contributed by atoms with Gasteiger partial charge < -0.3 is 14.4 Å². The molecule has 0 fully saturated rings. The molecule has 0 saturated carbocycles. The maximum absolute atomic E-state index is 12.1. The number of hydrogen-bond acceptors (Lipinski definition) is 3. The van der Waals surface area contributed by atoms with Gasteiger partial charge in [0.15, 0.2) is 0 Å². The minimum Gasteiger partial charge on any atom is -0.480 e. The molecule has 118 valence electrons. The number of hydrogen-bond donors (Lipinski definition) is 1. The predicted octanol–water partition coefficient (Wildman–Crippen LogP) is 2.95. The highest BCUT2D eigenvalue weighted by molar-refractivity contribution is 5.89. The molecule has 0 spiro atoms. The quantitative estimate of drug-likeness (QED) is 0.922. The van der Waals surface area contributed by atoms with Crippen LogP contribution in [0.5, 0.6) is 0 Å². The van der Waals surface area contributed by atoms with Crippen LogP contribution in [0.25, 0.3) is 11.0 Å². The summed E-state index contributed by atoms with van der Waals surface area (Å²) in [6.45, 7) is 5.99. The molecule has 1 amide bonds. The van der Waals surface area contributed by atoms with E-state index in [9.17, 15) is 9.59 Å². The maximum atomic E-state index is 12.1. The van der Waals surface area contributed by atoms with Crippen LogP contribution in [0.4, 0.5) is 0 Å². The molecule has 0 aliphatic carbocycles. The number of fused-ring (bicyclic) bond motifs is 1. The van der Waals surface area contributed by atoms with Crippen molar-refractivity contribution in [2.24, 2.45) is 0 Å². The van der Waals surface area contributed by atoms with E-state index < -0.39 is 5.97 Å². The molecule has 2 aromatic rings. The summed E-state index contributed by atoms with van der Waals surface area (Å²) in [5.41, 5.74) is 3.93. The van der Waals surface area contributed by atoms with Crippen LogP contribution in [0.3, 0.4) is 0 Å². The fraction of sp³-hybridized carbons (Fsp3) is 0.412. The average molecular weight is 303 g/mol. The Balaban J connectivity index is 2.30. The van der Waals surface area contributed by atoms with Gasteiger partial charge in [0, 0.05) is 18.0 Å². The van der Waals surface area contributed by atoms with Gasteiger partial charge in [-0.2, -0.15) is 0 Å². The Morgan fingerprint density at radius 1 is 1.32 bits per heavy atom. The van der Waals surface area contributed by atoms with E-state index in [1.807, 2.05) is 13.0 Å². The molecule has 0 unspecified atom stereocenters. The summed E-state index contributed by atoms with van der Waals surface area (Å²) < 4.78 is 5.54. The first kappa shape index (κ1) is 16.1. The van der Waals surface area contributed by atoms with Crippen molar-refractivity contribution in [1.29, 1.82) is 0 Å². The highest BCUT2D eigenvalue weighted by Gasteiger charge is 2.17. The molecule has 0 bridgehead atoms. The van der Waals surface area contributed by atoms with E-state index in [0.29, 0.717) is 5.92 Å². The summed E-state index contributed by atoms with van der Waals surface area (Å²) in [6.07, 6.45) is 1.72. The number of likely N-dealkylation sites (N-methyl/N-ethyl adjacent to an activating group) is 1. The van der Waals surface area contributed by atoms with Crippen molar-refractivity contribution < 1.29 is 19.1 Å². The number of carboxylic acids is 1. The van der Waals surface area contributed by atoms with Crippen molar-refractivity contribution in [3.05, 3.63) is 35.1 Å². The third-order valence-corrected chi connectivity index (χ3v) is 3.80. The Kier molecular flexibility index (Phi) is 4.54. The molecule has 1 aromatic carbocycles. The van der Waals surface area contributed by atoms with Crippen LogP contribution in [0, 0.1) is 6.92 Å². The van der Waals surface area contributed by atoms with Crippen LogP contribution in [-0.4, -0.2) is 35.5 Å². The first-order chi connectivity index (χ1) is 10.3. The Bertz CT molecular complexity index is 715. The molecule has 5 nitrogen and oxygen atoms in total. The highest BCUT2D eigenvalue weighted by atomic mass is 16.4. The average Bonchev–Trinajstić information content (AvgIpc) is 2.78. The van der Waals surface area contributed by atoms with Crippen molar-refractivity contribution in [2.75, 3.05) is 13.6 Å². The number of amides is 1. The second-order valence-corrected chi connectivity index (χ2v) is 5.94. The maximum Gasteiger partial charge on any atom is 0.323 e. The van der Waals surface area contributed by atoms with Crippen molar-refractivity contribution >= 4 is 22.8 Å². The molecule has 0 aliphatic heterocycles. The Labute approximate surface area is 129 Å². The van der Waals surface area contributed by atoms with Gasteiger partial charge in [0.1, 0.15) is 12.1 Å². The molecule has 0 aliphatic rings. The Morgan fingerprint density at radius 3 is 2.59 bits per heavy atom. The van der Waals surface area contributed by atoms with Gasteiger partial charge >= 0.3 is 5.97 Å². The van der Waals surface area contributed by atoms with E-state index in [4.69, 9.17) is 9.52 Å². The van der Waals surface area contributed by atoms with Gasteiger partial charge in [0.05, 0.1) is 12.7 Å². The topological polar surface area (TPSA) is 70.8 Å². The zero-order valence-electron chi connectivity index (χ0n) is 13.3. The molecule has 1 N–H and O–H groups in total. The lowest BCUT2D eigenvalue weighted by Gasteiger charge is -2.14. The summed E-state index contributed by atoms with van der Waals surface area (Å²) in [7, 11) is 1.49. The number of nitrogens with zero attached hydrogens (tertiary/aromatic N) is 1. The molecular weight excluding hydrogens is 282 g/mol. The third kappa shape index (κ3) is 3.30. The van der Waals surface area contributed by atoms with Gasteiger partial charge in [0.25, 0.3) is 0 Å². The zero-order chi connectivity index (χ0) is 16.4. The lowest BCUT2D eigenvalue weighted by atomic mass is 9.95. The minimum atomic E-state index is -1.02. The van der Waals surface area contributed by atoms with E-state index in [1.54, 1.807) is 6.26 Å². The molecule has 0 atom stereocenters. The highest BCUT2D eigenvalue weighted by Crippen LogP contribution is 2.29. The van der Waals surface area contributed by atoms with Gasteiger partial charge in [-0.05, 0) is 36.1 Å². The van der Waals surface area contributed by atoms with Crippen LogP contribution in [0.1, 0.15) is 36.5 Å². The fourth-order valence-electron chi connectivity index (χ4n) is 2.59. The second kappa shape index (κ2) is 6.22. The van der Waals surface area contributed by atoms with Crippen LogP contribution in [-0.2, 0) is 16.0 Å². The van der Waals surface area contributed by atoms with Crippen LogP contribution >= 0.6 is 0 Å². The van der Waals surface area contributed by atoms with Gasteiger partial charge in [0.2, 0.25) is 5.91 Å². The number of carbonyl (C=O) groups excluding carboxylic acids is 1. The zero-order valence-corrected chi connectivity index (χ0v) is 13.3. The summed E-state index contributed by atoms with van der Waals surface area (Å²) in [5, 5.41) is 9.67. The number of aryl methyl sites for hydroxylation is 1. The number of benzene rings is 1. The van der Waals surface area contributed by atoms with Crippen molar-refractivity contribution in [2.45, 2.75) is 33.1 Å². The summed E-state index contributed by atoms with van der Waals surface area (Å²) in [5.74, 6) is -0.875. The van der Waals surface area contributed by atoms with E-state index in [0.717, 1.165) is 22.1 Å². The normalized spacial score (nSPS) is 11.1. The van der Waals surface area contributed by atoms with Crippen molar-refractivity contribution in [3.8, 4) is 0 Å². The lowest BCUT2D eigenvalue weighted by Crippen LogP contribution is -2.32. The van der Waals surface area contributed by atoms with Gasteiger partial charge in [-0.25, -0.2) is 0 Å². The monoisotopic (exact) mass is 303 g/mol. The number of carbonyl (C=O) groups is 2. The van der Waals surface area contributed by atoms with Crippen LogP contribution in [0.15, 0.2) is 22.8 Å². The van der Waals surface area contributed by atoms with Crippen molar-refractivity contribution in [1.82, 2.24) is 4.90 Å². The van der Waals surface area contributed by atoms with Crippen molar-refractivity contribution in [3.63, 3.8) is 0 Å². The Morgan fingerprint density at radius 2 is 2.00 bits per heavy atom. The van der Waals surface area contributed by atoms with Crippen LogP contribution < -0.4 is 0 Å². The van der Waals surface area contributed by atoms with E-state index in [2.05, 4.69) is 19.9 Å². The van der Waals surface area contributed by atoms with Gasteiger partial charge in [-0.1, -0.05) is 13.8 Å². The molecule has 22 heavy (non-hydrogen) atoms. The smallest absolute Gasteiger partial charge is 0.323 e. The summed E-state index contributed by atoms with van der Waals surface area (Å²) in [6, 6.07) is 4.05. The molecule has 2 rings (SSSR count). The van der Waals surface area contributed by atoms with Gasteiger partial charge in [-0.15, -0.1) is 0 Å². The second-order valence-electron chi connectivity index (χ2n) is 5.94. The SMILES string of the molecule is Cc1cc2occ(CC(=O)N(C)CC(=O)O)c2cc1C(C)C. The number of carboxylic acid groups (broad SMARTS) is 1. The Hall–Kier alpha value is -2.30. The number of aliphatic carboxylic acids is 1. The van der Waals surface area contributed by atoms with Gasteiger partial charge in [-0.3, -0.25) is 9.59 Å². The molecule has 5 heteroatoms. The predicted molar refractivity (Wildman–Crippen MR) is 84.0 cm³/mol. The largest absolute Gasteiger partial charge is 0.480 e. The standard InChI is InChI=1S/C17H21NO4/c1-10(2)13-7-14-12(9-22-15(14)5-11(13)3)6-16(19)18(4)8-17(20)21/h5,7,9-10H,6,8H2,1-4H3,(H,20,21). The molecule has 0 saturated heterocycles. The van der Waals surface area contributed by atoms with Crippen LogP contribution in [0.2, 0.25) is 0 Å². The van der Waals surface area contributed by atoms with E-state index >= 15 is 0 Å². The number of rotatable bonds is 5. The molecule has 1 aromatic heterocycles. The lowest BCUT2D eigenvalue weighted by molar-refractivity contribution is -0.143.